The first-order valence-electron chi connectivity index (χ1n) is 6.61. The molecule has 0 saturated heterocycles. The van der Waals surface area contributed by atoms with Crippen molar-refractivity contribution in [2.24, 2.45) is 0 Å². The van der Waals surface area contributed by atoms with Crippen LogP contribution in [0.5, 0.6) is 0 Å². The number of aryl methyl sites for hydroxylation is 1. The van der Waals surface area contributed by atoms with E-state index in [0.29, 0.717) is 5.69 Å². The molecule has 4 nitrogen and oxygen atoms in total. The monoisotopic (exact) mass is 326 g/mol. The number of rotatable bonds is 2. The highest BCUT2D eigenvalue weighted by Crippen LogP contribution is 2.21. The fourth-order valence-electron chi connectivity index (χ4n) is 2.34. The topological polar surface area (TPSA) is 62.2 Å². The highest BCUT2D eigenvalue weighted by molar-refractivity contribution is 9.10. The lowest BCUT2D eigenvalue weighted by Crippen LogP contribution is -2.45. The second kappa shape index (κ2) is 6.01. The lowest BCUT2D eigenvalue weighted by atomic mass is 9.92. The molecule has 5 heteroatoms. The molecule has 0 bridgehead atoms. The van der Waals surface area contributed by atoms with Crippen molar-refractivity contribution in [2.75, 3.05) is 0 Å². The maximum absolute atomic E-state index is 12.2. The van der Waals surface area contributed by atoms with Crippen LogP contribution in [0.4, 0.5) is 0 Å². The normalized spacial score (nSPS) is 23.2. The average molecular weight is 327 g/mol. The Morgan fingerprint density at radius 1 is 1.42 bits per heavy atom. The van der Waals surface area contributed by atoms with E-state index in [-0.39, 0.29) is 11.9 Å². The molecule has 1 aliphatic rings. The number of aliphatic hydroxyl groups excluding tert-OH is 1. The Hall–Kier alpha value is -0.940. The highest BCUT2D eigenvalue weighted by atomic mass is 79.9. The first-order valence-corrected chi connectivity index (χ1v) is 7.41. The fourth-order valence-corrected chi connectivity index (χ4v) is 2.84. The standard InChI is InChI=1S/C14H19BrN2O2/c1-8-9(2)16-12(7-10(8)15)14(19)17-11-5-3-4-6-13(11)18/h7,11,13,18H,3-6H2,1-2H3,(H,17,19)/t11-,13-/m0/s1. The van der Waals surface area contributed by atoms with Crippen LogP contribution in [0.15, 0.2) is 10.5 Å². The predicted octanol–water partition coefficient (Wildman–Crippen LogP) is 2.49. The van der Waals surface area contributed by atoms with Crippen LogP contribution in [0, 0.1) is 13.8 Å². The summed E-state index contributed by atoms with van der Waals surface area (Å²) < 4.78 is 0.884. The van der Waals surface area contributed by atoms with Gasteiger partial charge < -0.3 is 10.4 Å². The number of halogens is 1. The van der Waals surface area contributed by atoms with Gasteiger partial charge in [0.2, 0.25) is 0 Å². The summed E-state index contributed by atoms with van der Waals surface area (Å²) in [6, 6.07) is 1.58. The predicted molar refractivity (Wildman–Crippen MR) is 77.1 cm³/mol. The lowest BCUT2D eigenvalue weighted by Gasteiger charge is -2.28. The van der Waals surface area contributed by atoms with Crippen molar-refractivity contribution in [2.45, 2.75) is 51.7 Å². The van der Waals surface area contributed by atoms with E-state index in [0.717, 1.165) is 41.4 Å². The van der Waals surface area contributed by atoms with Gasteiger partial charge in [0.25, 0.3) is 5.91 Å². The average Bonchev–Trinajstić information content (AvgIpc) is 2.38. The molecule has 1 fully saturated rings. The van der Waals surface area contributed by atoms with E-state index >= 15 is 0 Å². The molecule has 19 heavy (non-hydrogen) atoms. The molecule has 104 valence electrons. The summed E-state index contributed by atoms with van der Waals surface area (Å²) in [6.45, 7) is 3.84. The summed E-state index contributed by atoms with van der Waals surface area (Å²) >= 11 is 3.43. The molecular weight excluding hydrogens is 308 g/mol. The SMILES string of the molecule is Cc1nc(C(=O)N[C@H]2CCCC[C@@H]2O)cc(Br)c1C. The van der Waals surface area contributed by atoms with Crippen LogP contribution in [-0.2, 0) is 0 Å². The van der Waals surface area contributed by atoms with Crippen LogP contribution < -0.4 is 5.32 Å². The van der Waals surface area contributed by atoms with E-state index in [2.05, 4.69) is 26.2 Å². The molecule has 0 radical (unpaired) electrons. The third kappa shape index (κ3) is 3.34. The molecule has 0 aliphatic heterocycles. The molecule has 1 aromatic rings. The minimum absolute atomic E-state index is 0.150. The van der Waals surface area contributed by atoms with Crippen LogP contribution in [-0.4, -0.2) is 28.1 Å². The summed E-state index contributed by atoms with van der Waals surface area (Å²) in [5.74, 6) is -0.213. The second-order valence-electron chi connectivity index (χ2n) is 5.13. The van der Waals surface area contributed by atoms with E-state index < -0.39 is 6.10 Å². The zero-order valence-corrected chi connectivity index (χ0v) is 12.8. The van der Waals surface area contributed by atoms with Crippen LogP contribution >= 0.6 is 15.9 Å². The van der Waals surface area contributed by atoms with Crippen LogP contribution in [0.3, 0.4) is 0 Å². The molecule has 1 saturated carbocycles. The number of amides is 1. The Labute approximate surface area is 121 Å². The molecule has 1 heterocycles. The molecule has 0 aromatic carbocycles. The van der Waals surface area contributed by atoms with Gasteiger partial charge in [-0.2, -0.15) is 0 Å². The molecular formula is C14H19BrN2O2. The van der Waals surface area contributed by atoms with Gasteiger partial charge in [0.15, 0.2) is 0 Å². The van der Waals surface area contributed by atoms with Crippen molar-refractivity contribution in [3.8, 4) is 0 Å². The first-order chi connectivity index (χ1) is 8.99. The van der Waals surface area contributed by atoms with Crippen LogP contribution in [0.25, 0.3) is 0 Å². The number of carbonyl (C=O) groups is 1. The molecule has 1 aromatic heterocycles. The van der Waals surface area contributed by atoms with Gasteiger partial charge in [0.1, 0.15) is 5.69 Å². The number of pyridine rings is 1. The minimum atomic E-state index is -0.437. The smallest absolute Gasteiger partial charge is 0.270 e. The van der Waals surface area contributed by atoms with Gasteiger partial charge >= 0.3 is 0 Å². The molecule has 0 unspecified atom stereocenters. The van der Waals surface area contributed by atoms with Gasteiger partial charge in [-0.3, -0.25) is 4.79 Å². The third-order valence-corrected chi connectivity index (χ3v) is 4.55. The van der Waals surface area contributed by atoms with Gasteiger partial charge in [0.05, 0.1) is 12.1 Å². The molecule has 1 aliphatic carbocycles. The van der Waals surface area contributed by atoms with E-state index in [1.165, 1.54) is 0 Å². The number of hydrogen-bond acceptors (Lipinski definition) is 3. The number of nitrogens with one attached hydrogen (secondary N) is 1. The largest absolute Gasteiger partial charge is 0.391 e. The molecule has 1 amide bonds. The number of aliphatic hydroxyl groups is 1. The van der Waals surface area contributed by atoms with E-state index in [1.807, 2.05) is 13.8 Å². The number of carbonyl (C=O) groups excluding carboxylic acids is 1. The summed E-state index contributed by atoms with van der Waals surface area (Å²) in [5.41, 5.74) is 2.27. The van der Waals surface area contributed by atoms with Gasteiger partial charge in [-0.15, -0.1) is 0 Å². The van der Waals surface area contributed by atoms with Gasteiger partial charge in [-0.1, -0.05) is 28.8 Å². The Kier molecular flexibility index (Phi) is 4.58. The summed E-state index contributed by atoms with van der Waals surface area (Å²) in [4.78, 5) is 16.5. The van der Waals surface area contributed by atoms with Crippen molar-refractivity contribution in [3.63, 3.8) is 0 Å². The Morgan fingerprint density at radius 2 is 2.11 bits per heavy atom. The molecule has 2 N–H and O–H groups in total. The Bertz CT molecular complexity index is 467. The Morgan fingerprint density at radius 3 is 2.74 bits per heavy atom. The number of aromatic nitrogens is 1. The third-order valence-electron chi connectivity index (χ3n) is 3.73. The summed E-state index contributed by atoms with van der Waals surface area (Å²) in [5, 5.41) is 12.8. The summed E-state index contributed by atoms with van der Waals surface area (Å²) in [6.07, 6.45) is 3.23. The number of nitrogens with zero attached hydrogens (tertiary/aromatic N) is 1. The molecule has 2 atom stereocenters. The Balaban J connectivity index is 2.11. The fraction of sp³-hybridized carbons (Fsp3) is 0.571. The minimum Gasteiger partial charge on any atom is -0.391 e. The second-order valence-corrected chi connectivity index (χ2v) is 5.99. The van der Waals surface area contributed by atoms with E-state index in [9.17, 15) is 9.90 Å². The molecule has 2 rings (SSSR count). The van der Waals surface area contributed by atoms with E-state index in [4.69, 9.17) is 0 Å². The van der Waals surface area contributed by atoms with Gasteiger partial charge in [-0.05, 0) is 38.3 Å². The van der Waals surface area contributed by atoms with Crippen molar-refractivity contribution in [1.29, 1.82) is 0 Å². The zero-order chi connectivity index (χ0) is 14.0. The van der Waals surface area contributed by atoms with Crippen LogP contribution in [0.2, 0.25) is 0 Å². The lowest BCUT2D eigenvalue weighted by molar-refractivity contribution is 0.0713. The maximum atomic E-state index is 12.2. The molecule has 0 spiro atoms. The van der Waals surface area contributed by atoms with Crippen molar-refractivity contribution in [3.05, 3.63) is 27.5 Å². The van der Waals surface area contributed by atoms with E-state index in [1.54, 1.807) is 6.07 Å². The highest BCUT2D eigenvalue weighted by Gasteiger charge is 2.25. The van der Waals surface area contributed by atoms with Crippen LogP contribution in [0.1, 0.15) is 47.4 Å². The van der Waals surface area contributed by atoms with Gasteiger partial charge in [-0.25, -0.2) is 4.98 Å². The van der Waals surface area contributed by atoms with Crippen molar-refractivity contribution in [1.82, 2.24) is 10.3 Å². The quantitative estimate of drug-likeness (QED) is 0.877. The zero-order valence-electron chi connectivity index (χ0n) is 11.2. The number of hydrogen-bond donors (Lipinski definition) is 2. The first kappa shape index (κ1) is 14.5. The summed E-state index contributed by atoms with van der Waals surface area (Å²) in [7, 11) is 0. The van der Waals surface area contributed by atoms with Crippen molar-refractivity contribution < 1.29 is 9.90 Å². The van der Waals surface area contributed by atoms with Gasteiger partial charge in [0, 0.05) is 10.2 Å². The maximum Gasteiger partial charge on any atom is 0.270 e. The van der Waals surface area contributed by atoms with Crippen molar-refractivity contribution >= 4 is 21.8 Å².